The van der Waals surface area contributed by atoms with Gasteiger partial charge in [0.05, 0.1) is 33.6 Å². The highest BCUT2D eigenvalue weighted by atomic mass is 15.0. The van der Waals surface area contributed by atoms with Gasteiger partial charge in [0, 0.05) is 44.1 Å². The molecule has 0 atom stereocenters. The Bertz CT molecular complexity index is 3230. The number of rotatable bonds is 6. The molecule has 0 saturated heterocycles. The van der Waals surface area contributed by atoms with Crippen molar-refractivity contribution in [1.29, 1.82) is 0 Å². The molecular weight excluding hydrogens is 693 g/mol. The molecule has 3 heterocycles. The highest BCUT2D eigenvalue weighted by Crippen LogP contribution is 2.42. The molecule has 4 nitrogen and oxygen atoms in total. The highest BCUT2D eigenvalue weighted by molar-refractivity contribution is 6.18. The van der Waals surface area contributed by atoms with E-state index < -0.39 is 0 Å². The zero-order valence-electron chi connectivity index (χ0n) is 30.9. The monoisotopic (exact) mass is 726 g/mol. The zero-order valence-corrected chi connectivity index (χ0v) is 30.9. The van der Waals surface area contributed by atoms with E-state index >= 15 is 0 Å². The van der Waals surface area contributed by atoms with Gasteiger partial charge in [-0.3, -0.25) is 0 Å². The molecule has 3 aromatic heterocycles. The first-order valence-electron chi connectivity index (χ1n) is 19.3. The summed E-state index contributed by atoms with van der Waals surface area (Å²) >= 11 is 0. The van der Waals surface area contributed by atoms with Crippen molar-refractivity contribution in [2.24, 2.45) is 0 Å². The molecule has 0 saturated carbocycles. The van der Waals surface area contributed by atoms with Gasteiger partial charge in [-0.25, -0.2) is 15.0 Å². The van der Waals surface area contributed by atoms with Gasteiger partial charge in [0.1, 0.15) is 0 Å². The number of pyridine rings is 1. The van der Waals surface area contributed by atoms with Crippen LogP contribution in [0.4, 0.5) is 0 Å². The summed E-state index contributed by atoms with van der Waals surface area (Å²) in [6, 6.07) is 72.5. The van der Waals surface area contributed by atoms with E-state index in [9.17, 15) is 0 Å². The molecule has 8 aromatic carbocycles. The Morgan fingerprint density at radius 3 is 1.49 bits per heavy atom. The number of nitrogens with zero attached hydrogens (tertiary/aromatic N) is 4. The van der Waals surface area contributed by atoms with Crippen LogP contribution in [-0.4, -0.2) is 19.5 Å². The number of para-hydroxylation sites is 2. The summed E-state index contributed by atoms with van der Waals surface area (Å²) in [6.07, 6.45) is 0. The van der Waals surface area contributed by atoms with Crippen LogP contribution in [-0.2, 0) is 0 Å². The molecule has 266 valence electrons. The average Bonchev–Trinajstić information content (AvgIpc) is 3.63. The maximum Gasteiger partial charge on any atom is 0.162 e. The number of hydrogen-bond acceptors (Lipinski definition) is 3. The molecule has 0 bridgehead atoms. The fraction of sp³-hybridized carbons (Fsp3) is 0. The van der Waals surface area contributed by atoms with Gasteiger partial charge in [-0.2, -0.15) is 0 Å². The standard InChI is InChI=1S/C53H34N4/c1-4-17-35(18-5-1)44-33-46(36-19-6-2-7-20-36)54-52-45(32-38-23-10-11-26-41(38)51(44)52)53-55-47(37-21-8-3-9-22-37)34-48(56-53)39-24-16-25-40(31-39)57-49-29-14-12-27-42(49)43-28-13-15-30-50(43)57/h1-34H. The lowest BCUT2D eigenvalue weighted by Gasteiger charge is -2.17. The van der Waals surface area contributed by atoms with Gasteiger partial charge >= 0.3 is 0 Å². The molecule has 0 N–H and O–H groups in total. The van der Waals surface area contributed by atoms with Crippen molar-refractivity contribution in [1.82, 2.24) is 19.5 Å². The van der Waals surface area contributed by atoms with E-state index in [2.05, 4.69) is 199 Å². The van der Waals surface area contributed by atoms with Crippen LogP contribution < -0.4 is 0 Å². The second-order valence-electron chi connectivity index (χ2n) is 14.4. The largest absolute Gasteiger partial charge is 0.309 e. The number of aromatic nitrogens is 4. The molecule has 11 rings (SSSR count). The Balaban J connectivity index is 1.19. The van der Waals surface area contributed by atoms with Crippen LogP contribution in [0.3, 0.4) is 0 Å². The Morgan fingerprint density at radius 1 is 0.333 bits per heavy atom. The van der Waals surface area contributed by atoms with E-state index in [-0.39, 0.29) is 0 Å². The third kappa shape index (κ3) is 5.66. The Morgan fingerprint density at radius 2 is 0.842 bits per heavy atom. The van der Waals surface area contributed by atoms with E-state index in [0.29, 0.717) is 5.82 Å². The Kier molecular flexibility index (Phi) is 7.78. The summed E-state index contributed by atoms with van der Waals surface area (Å²) in [5.74, 6) is 0.626. The summed E-state index contributed by atoms with van der Waals surface area (Å²) in [7, 11) is 0. The van der Waals surface area contributed by atoms with Gasteiger partial charge in [0.2, 0.25) is 0 Å². The quantitative estimate of drug-likeness (QED) is 0.160. The molecule has 4 heteroatoms. The molecule has 0 aliphatic heterocycles. The number of hydrogen-bond donors (Lipinski definition) is 0. The molecule has 57 heavy (non-hydrogen) atoms. The normalized spacial score (nSPS) is 11.5. The van der Waals surface area contributed by atoms with Crippen molar-refractivity contribution in [2.45, 2.75) is 0 Å². The third-order valence-corrected chi connectivity index (χ3v) is 11.0. The van der Waals surface area contributed by atoms with E-state index in [4.69, 9.17) is 15.0 Å². The fourth-order valence-electron chi connectivity index (χ4n) is 8.34. The van der Waals surface area contributed by atoms with Crippen LogP contribution in [0.2, 0.25) is 0 Å². The molecule has 0 aliphatic rings. The van der Waals surface area contributed by atoms with Crippen molar-refractivity contribution < 1.29 is 0 Å². The Labute approximate surface area is 330 Å². The predicted octanol–water partition coefficient (Wildman–Crippen LogP) is 13.6. The molecule has 0 aliphatic carbocycles. The lowest BCUT2D eigenvalue weighted by molar-refractivity contribution is 1.16. The van der Waals surface area contributed by atoms with Crippen molar-refractivity contribution in [2.75, 3.05) is 0 Å². The van der Waals surface area contributed by atoms with Gasteiger partial charge in [0.25, 0.3) is 0 Å². The van der Waals surface area contributed by atoms with Crippen LogP contribution in [0, 0.1) is 0 Å². The Hall–Kier alpha value is -7.69. The minimum absolute atomic E-state index is 0.626. The molecule has 0 spiro atoms. The SMILES string of the molecule is c1ccc(-c2cc(-c3cccc(-n4c5ccccc5c5ccccc54)c3)nc(-c3cc4ccccc4c4c(-c5ccccc5)cc(-c5ccccc5)nc34)n2)cc1. The average molecular weight is 727 g/mol. The van der Waals surface area contributed by atoms with E-state index in [1.807, 2.05) is 12.1 Å². The smallest absolute Gasteiger partial charge is 0.162 e. The highest BCUT2D eigenvalue weighted by Gasteiger charge is 2.20. The van der Waals surface area contributed by atoms with Crippen molar-refractivity contribution in [3.05, 3.63) is 206 Å². The predicted molar refractivity (Wildman–Crippen MR) is 236 cm³/mol. The van der Waals surface area contributed by atoms with Crippen molar-refractivity contribution >= 4 is 43.5 Å². The van der Waals surface area contributed by atoms with Gasteiger partial charge in [0.15, 0.2) is 5.82 Å². The number of fused-ring (bicyclic) bond motifs is 6. The van der Waals surface area contributed by atoms with Gasteiger partial charge in [-0.1, -0.05) is 164 Å². The van der Waals surface area contributed by atoms with E-state index in [1.165, 1.54) is 21.8 Å². The minimum Gasteiger partial charge on any atom is -0.309 e. The first-order chi connectivity index (χ1) is 28.3. The first-order valence-corrected chi connectivity index (χ1v) is 19.3. The summed E-state index contributed by atoms with van der Waals surface area (Å²) in [6.45, 7) is 0. The molecule has 0 unspecified atom stereocenters. The molecule has 11 aromatic rings. The van der Waals surface area contributed by atoms with Gasteiger partial charge in [-0.15, -0.1) is 0 Å². The zero-order chi connectivity index (χ0) is 37.7. The molecule has 0 radical (unpaired) electrons. The van der Waals surface area contributed by atoms with E-state index in [0.717, 1.165) is 77.8 Å². The van der Waals surface area contributed by atoms with Crippen LogP contribution >= 0.6 is 0 Å². The number of benzene rings is 8. The molecule has 0 amide bonds. The van der Waals surface area contributed by atoms with Crippen LogP contribution in [0.25, 0.3) is 105 Å². The molecular formula is C53H34N4. The summed E-state index contributed by atoms with van der Waals surface area (Å²) in [5.41, 5.74) is 13.1. The van der Waals surface area contributed by atoms with Gasteiger partial charge < -0.3 is 4.57 Å². The molecule has 0 fully saturated rings. The van der Waals surface area contributed by atoms with Crippen LogP contribution in [0.15, 0.2) is 206 Å². The van der Waals surface area contributed by atoms with Crippen LogP contribution in [0.5, 0.6) is 0 Å². The maximum atomic E-state index is 5.49. The van der Waals surface area contributed by atoms with Gasteiger partial charge in [-0.05, 0) is 64.4 Å². The van der Waals surface area contributed by atoms with Crippen LogP contribution in [0.1, 0.15) is 0 Å². The first kappa shape index (κ1) is 32.7. The summed E-state index contributed by atoms with van der Waals surface area (Å²) < 4.78 is 2.35. The summed E-state index contributed by atoms with van der Waals surface area (Å²) in [4.78, 5) is 16.3. The minimum atomic E-state index is 0.626. The lowest BCUT2D eigenvalue weighted by atomic mass is 9.92. The summed E-state index contributed by atoms with van der Waals surface area (Å²) in [5, 5.41) is 5.79. The second kappa shape index (κ2) is 13.6. The second-order valence-corrected chi connectivity index (χ2v) is 14.4. The van der Waals surface area contributed by atoms with E-state index in [1.54, 1.807) is 0 Å². The fourth-order valence-corrected chi connectivity index (χ4v) is 8.34. The lowest BCUT2D eigenvalue weighted by Crippen LogP contribution is -2.00. The third-order valence-electron chi connectivity index (χ3n) is 11.0. The van der Waals surface area contributed by atoms with Crippen molar-refractivity contribution in [3.8, 4) is 62.0 Å². The van der Waals surface area contributed by atoms with Crippen molar-refractivity contribution in [3.63, 3.8) is 0 Å². The maximum absolute atomic E-state index is 5.49. The topological polar surface area (TPSA) is 43.6 Å².